The van der Waals surface area contributed by atoms with Crippen LogP contribution in [0.25, 0.3) is 0 Å². The van der Waals surface area contributed by atoms with Crippen LogP contribution in [0.4, 0.5) is 4.39 Å². The SMILES string of the molecule is O=C(CSc1ccc(F)cc1)NCc1ccc(C(O)c2ccccc2)s1. The Morgan fingerprint density at radius 3 is 2.54 bits per heavy atom. The van der Waals surface area contributed by atoms with Crippen molar-refractivity contribution in [2.75, 3.05) is 5.75 Å². The number of aliphatic hydroxyl groups is 1. The first-order valence-corrected chi connectivity index (χ1v) is 9.89. The van der Waals surface area contributed by atoms with Crippen molar-refractivity contribution in [2.24, 2.45) is 0 Å². The van der Waals surface area contributed by atoms with Gasteiger partial charge in [0.15, 0.2) is 0 Å². The van der Waals surface area contributed by atoms with Crippen molar-refractivity contribution in [1.82, 2.24) is 5.32 Å². The van der Waals surface area contributed by atoms with Crippen molar-refractivity contribution in [1.29, 1.82) is 0 Å². The monoisotopic (exact) mass is 387 g/mol. The molecule has 2 aromatic carbocycles. The van der Waals surface area contributed by atoms with E-state index in [-0.39, 0.29) is 17.5 Å². The van der Waals surface area contributed by atoms with Crippen molar-refractivity contribution in [2.45, 2.75) is 17.5 Å². The van der Waals surface area contributed by atoms with Crippen LogP contribution in [0, 0.1) is 5.82 Å². The highest BCUT2D eigenvalue weighted by atomic mass is 32.2. The van der Waals surface area contributed by atoms with Gasteiger partial charge in [-0.2, -0.15) is 0 Å². The zero-order valence-electron chi connectivity index (χ0n) is 13.9. The molecule has 3 aromatic rings. The van der Waals surface area contributed by atoms with Crippen LogP contribution in [-0.2, 0) is 11.3 Å². The Morgan fingerprint density at radius 1 is 1.08 bits per heavy atom. The van der Waals surface area contributed by atoms with E-state index in [1.54, 1.807) is 12.1 Å². The van der Waals surface area contributed by atoms with Gasteiger partial charge in [-0.3, -0.25) is 4.79 Å². The third kappa shape index (κ3) is 5.17. The fraction of sp³-hybridized carbons (Fsp3) is 0.150. The van der Waals surface area contributed by atoms with Gasteiger partial charge < -0.3 is 10.4 Å². The molecule has 0 aliphatic heterocycles. The molecule has 3 rings (SSSR count). The number of halogens is 1. The Balaban J connectivity index is 1.48. The molecule has 0 aliphatic rings. The minimum atomic E-state index is -0.653. The number of carbonyl (C=O) groups is 1. The van der Waals surface area contributed by atoms with Gasteiger partial charge in [-0.25, -0.2) is 4.39 Å². The van der Waals surface area contributed by atoms with E-state index in [4.69, 9.17) is 0 Å². The van der Waals surface area contributed by atoms with E-state index in [1.165, 1.54) is 35.2 Å². The third-order valence-electron chi connectivity index (χ3n) is 3.71. The highest BCUT2D eigenvalue weighted by Crippen LogP contribution is 2.28. The van der Waals surface area contributed by atoms with E-state index in [1.807, 2.05) is 42.5 Å². The zero-order chi connectivity index (χ0) is 18.4. The van der Waals surface area contributed by atoms with Crippen molar-refractivity contribution in [3.05, 3.63) is 87.9 Å². The molecule has 26 heavy (non-hydrogen) atoms. The summed E-state index contributed by atoms with van der Waals surface area (Å²) in [5.74, 6) is -0.0980. The lowest BCUT2D eigenvalue weighted by atomic mass is 10.1. The number of aliphatic hydroxyl groups excluding tert-OH is 1. The highest BCUT2D eigenvalue weighted by Gasteiger charge is 2.13. The van der Waals surface area contributed by atoms with E-state index in [2.05, 4.69) is 5.32 Å². The molecule has 0 fully saturated rings. The van der Waals surface area contributed by atoms with Gasteiger partial charge >= 0.3 is 0 Å². The summed E-state index contributed by atoms with van der Waals surface area (Å²) in [6.07, 6.45) is -0.653. The molecule has 0 spiro atoms. The smallest absolute Gasteiger partial charge is 0.230 e. The van der Waals surface area contributed by atoms with Crippen molar-refractivity contribution in [3.63, 3.8) is 0 Å². The first-order chi connectivity index (χ1) is 12.6. The number of benzene rings is 2. The number of nitrogens with one attached hydrogen (secondary N) is 1. The van der Waals surface area contributed by atoms with Crippen LogP contribution in [0.15, 0.2) is 71.6 Å². The number of carbonyl (C=O) groups excluding carboxylic acids is 1. The molecule has 134 valence electrons. The van der Waals surface area contributed by atoms with Crippen LogP contribution in [-0.4, -0.2) is 16.8 Å². The van der Waals surface area contributed by atoms with Crippen molar-refractivity contribution < 1.29 is 14.3 Å². The Morgan fingerprint density at radius 2 is 1.81 bits per heavy atom. The number of rotatable bonds is 7. The molecule has 0 aliphatic carbocycles. The van der Waals surface area contributed by atoms with Gasteiger partial charge in [0, 0.05) is 14.6 Å². The summed E-state index contributed by atoms with van der Waals surface area (Å²) in [5, 5.41) is 13.3. The molecule has 1 heterocycles. The van der Waals surface area contributed by atoms with Gasteiger partial charge in [-0.05, 0) is 42.0 Å². The molecule has 6 heteroatoms. The lowest BCUT2D eigenvalue weighted by Gasteiger charge is -2.08. The van der Waals surface area contributed by atoms with Crippen LogP contribution in [0.2, 0.25) is 0 Å². The van der Waals surface area contributed by atoms with Gasteiger partial charge in [0.25, 0.3) is 0 Å². The minimum Gasteiger partial charge on any atom is -0.383 e. The summed E-state index contributed by atoms with van der Waals surface area (Å²) >= 11 is 2.85. The molecule has 1 atom stereocenters. The molecule has 0 radical (unpaired) electrons. The first kappa shape index (κ1) is 18.6. The second kappa shape index (κ2) is 8.98. The average Bonchev–Trinajstić information content (AvgIpc) is 3.15. The van der Waals surface area contributed by atoms with E-state index < -0.39 is 6.10 Å². The lowest BCUT2D eigenvalue weighted by molar-refractivity contribution is -0.118. The van der Waals surface area contributed by atoms with Crippen LogP contribution in [0.1, 0.15) is 21.4 Å². The summed E-state index contributed by atoms with van der Waals surface area (Å²) in [7, 11) is 0. The summed E-state index contributed by atoms with van der Waals surface area (Å²) in [6.45, 7) is 0.426. The number of thioether (sulfide) groups is 1. The van der Waals surface area contributed by atoms with Crippen molar-refractivity contribution in [3.8, 4) is 0 Å². The topological polar surface area (TPSA) is 49.3 Å². The van der Waals surface area contributed by atoms with Crippen LogP contribution >= 0.6 is 23.1 Å². The van der Waals surface area contributed by atoms with E-state index >= 15 is 0 Å². The van der Waals surface area contributed by atoms with Gasteiger partial charge in [0.2, 0.25) is 5.91 Å². The van der Waals surface area contributed by atoms with Gasteiger partial charge in [0.1, 0.15) is 11.9 Å². The molecular formula is C20H18FNO2S2. The standard InChI is InChI=1S/C20H18FNO2S2/c21-15-6-8-16(9-7-15)25-13-19(23)22-12-17-10-11-18(26-17)20(24)14-4-2-1-3-5-14/h1-11,20,24H,12-13H2,(H,22,23). The van der Waals surface area contributed by atoms with E-state index in [9.17, 15) is 14.3 Å². The molecule has 0 bridgehead atoms. The Bertz CT molecular complexity index is 850. The molecular weight excluding hydrogens is 369 g/mol. The van der Waals surface area contributed by atoms with Gasteiger partial charge in [-0.1, -0.05) is 30.3 Å². The first-order valence-electron chi connectivity index (χ1n) is 8.08. The minimum absolute atomic E-state index is 0.0853. The molecule has 1 amide bonds. The maximum Gasteiger partial charge on any atom is 0.230 e. The molecule has 3 nitrogen and oxygen atoms in total. The lowest BCUT2D eigenvalue weighted by Crippen LogP contribution is -2.24. The Labute approximate surface area is 159 Å². The van der Waals surface area contributed by atoms with Crippen LogP contribution < -0.4 is 5.32 Å². The molecule has 2 N–H and O–H groups in total. The Hall–Kier alpha value is -2.15. The largest absolute Gasteiger partial charge is 0.383 e. The molecule has 0 saturated heterocycles. The van der Waals surface area contributed by atoms with Gasteiger partial charge in [-0.15, -0.1) is 23.1 Å². The fourth-order valence-corrected chi connectivity index (χ4v) is 4.05. The predicted molar refractivity (Wildman–Crippen MR) is 104 cm³/mol. The average molecular weight is 388 g/mol. The maximum absolute atomic E-state index is 12.9. The summed E-state index contributed by atoms with van der Waals surface area (Å²) in [5.41, 5.74) is 0.848. The van der Waals surface area contributed by atoms with Gasteiger partial charge in [0.05, 0.1) is 12.3 Å². The Kier molecular flexibility index (Phi) is 6.44. The summed E-state index contributed by atoms with van der Waals surface area (Å²) in [6, 6.07) is 19.4. The number of hydrogen-bond acceptors (Lipinski definition) is 4. The summed E-state index contributed by atoms with van der Waals surface area (Å²) in [4.78, 5) is 14.7. The van der Waals surface area contributed by atoms with Crippen LogP contribution in [0.5, 0.6) is 0 Å². The molecule has 1 unspecified atom stereocenters. The normalized spacial score (nSPS) is 11.9. The van der Waals surface area contributed by atoms with E-state index in [0.717, 1.165) is 20.2 Å². The summed E-state index contributed by atoms with van der Waals surface area (Å²) < 4.78 is 12.9. The highest BCUT2D eigenvalue weighted by molar-refractivity contribution is 8.00. The fourth-order valence-electron chi connectivity index (χ4n) is 2.35. The third-order valence-corrected chi connectivity index (χ3v) is 5.86. The van der Waals surface area contributed by atoms with Crippen LogP contribution in [0.3, 0.4) is 0 Å². The second-order valence-electron chi connectivity index (χ2n) is 5.64. The van der Waals surface area contributed by atoms with E-state index in [0.29, 0.717) is 6.54 Å². The molecule has 0 saturated carbocycles. The zero-order valence-corrected chi connectivity index (χ0v) is 15.5. The number of thiophene rings is 1. The number of hydrogen-bond donors (Lipinski definition) is 2. The quantitative estimate of drug-likeness (QED) is 0.592. The number of amides is 1. The van der Waals surface area contributed by atoms with Crippen molar-refractivity contribution >= 4 is 29.0 Å². The maximum atomic E-state index is 12.9. The second-order valence-corrected chi connectivity index (χ2v) is 7.89. The molecule has 1 aromatic heterocycles. The predicted octanol–water partition coefficient (Wildman–Crippen LogP) is 4.38.